The summed E-state index contributed by atoms with van der Waals surface area (Å²) in [5, 5.41) is 16.2. The first-order chi connectivity index (χ1) is 7.75. The van der Waals surface area contributed by atoms with Crippen molar-refractivity contribution in [2.24, 2.45) is 5.10 Å². The van der Waals surface area contributed by atoms with E-state index >= 15 is 0 Å². The average molecular weight is 233 g/mol. The predicted octanol–water partition coefficient (Wildman–Crippen LogP) is 2.60. The first-order valence-corrected chi connectivity index (χ1v) is 5.63. The van der Waals surface area contributed by atoms with E-state index < -0.39 is 0 Å². The first-order valence-electron chi connectivity index (χ1n) is 4.75. The Balaban J connectivity index is 2.03. The van der Waals surface area contributed by atoms with Crippen molar-refractivity contribution in [1.29, 1.82) is 0 Å². The molecule has 0 spiro atoms. The Hall–Kier alpha value is -1.88. The van der Waals surface area contributed by atoms with E-state index in [2.05, 4.69) is 15.5 Å². The van der Waals surface area contributed by atoms with Crippen LogP contribution in [-0.4, -0.2) is 16.3 Å². The number of hydrazone groups is 1. The lowest BCUT2D eigenvalue weighted by molar-refractivity contribution is 0.474. The van der Waals surface area contributed by atoms with Gasteiger partial charge in [-0.1, -0.05) is 12.1 Å². The summed E-state index contributed by atoms with van der Waals surface area (Å²) in [6.07, 6.45) is 1.56. The lowest BCUT2D eigenvalue weighted by Gasteiger charge is -1.96. The Morgan fingerprint density at radius 1 is 1.44 bits per heavy atom. The highest BCUT2D eigenvalue weighted by Gasteiger charge is 1.96. The fourth-order valence-electron chi connectivity index (χ4n) is 1.16. The van der Waals surface area contributed by atoms with Crippen LogP contribution < -0.4 is 5.43 Å². The van der Waals surface area contributed by atoms with E-state index in [1.54, 1.807) is 24.4 Å². The molecule has 0 saturated heterocycles. The third-order valence-corrected chi connectivity index (χ3v) is 2.78. The zero-order valence-corrected chi connectivity index (χ0v) is 9.53. The molecule has 0 bridgehead atoms. The summed E-state index contributed by atoms with van der Waals surface area (Å²) < 4.78 is 0. The number of hydrogen-bond acceptors (Lipinski definition) is 5. The smallest absolute Gasteiger partial charge is 0.203 e. The van der Waals surface area contributed by atoms with Crippen molar-refractivity contribution in [2.45, 2.75) is 6.92 Å². The van der Waals surface area contributed by atoms with E-state index in [0.717, 1.165) is 10.8 Å². The van der Waals surface area contributed by atoms with Crippen molar-refractivity contribution in [3.8, 4) is 5.75 Å². The minimum Gasteiger partial charge on any atom is -0.507 e. The second kappa shape index (κ2) is 4.76. The summed E-state index contributed by atoms with van der Waals surface area (Å²) in [5.41, 5.74) is 4.44. The van der Waals surface area contributed by atoms with Crippen LogP contribution in [0, 0.1) is 6.92 Å². The Morgan fingerprint density at radius 2 is 2.25 bits per heavy atom. The highest BCUT2D eigenvalue weighted by Crippen LogP contribution is 2.15. The van der Waals surface area contributed by atoms with Crippen LogP contribution in [0.1, 0.15) is 11.3 Å². The molecule has 1 aromatic carbocycles. The molecule has 82 valence electrons. The van der Waals surface area contributed by atoms with E-state index in [9.17, 15) is 5.11 Å². The van der Waals surface area contributed by atoms with Crippen LogP contribution in [0.5, 0.6) is 5.75 Å². The quantitative estimate of drug-likeness (QED) is 0.633. The molecule has 0 amide bonds. The van der Waals surface area contributed by atoms with Crippen molar-refractivity contribution in [3.05, 3.63) is 40.9 Å². The normalized spacial score (nSPS) is 10.8. The number of nitrogens with one attached hydrogen (secondary N) is 1. The van der Waals surface area contributed by atoms with Crippen LogP contribution >= 0.6 is 11.3 Å². The van der Waals surface area contributed by atoms with Gasteiger partial charge in [0.1, 0.15) is 5.75 Å². The molecular weight excluding hydrogens is 222 g/mol. The number of thiazole rings is 1. The van der Waals surface area contributed by atoms with Crippen molar-refractivity contribution >= 4 is 22.7 Å². The molecule has 0 atom stereocenters. The summed E-state index contributed by atoms with van der Waals surface area (Å²) >= 11 is 1.49. The molecule has 1 aromatic heterocycles. The molecule has 0 radical (unpaired) electrons. The lowest BCUT2D eigenvalue weighted by atomic mass is 10.2. The topological polar surface area (TPSA) is 57.5 Å². The van der Waals surface area contributed by atoms with E-state index in [4.69, 9.17) is 0 Å². The average Bonchev–Trinajstić information content (AvgIpc) is 2.67. The van der Waals surface area contributed by atoms with Gasteiger partial charge in [0, 0.05) is 10.9 Å². The molecule has 0 aliphatic carbocycles. The minimum absolute atomic E-state index is 0.211. The fraction of sp³-hybridized carbons (Fsp3) is 0.0909. The standard InChI is InChI=1S/C11H11N3OS/c1-8-7-16-11(13-8)14-12-6-9-4-2-3-5-10(9)15/h2-7,15H,1H3,(H,13,14)/b12-6+. The third kappa shape index (κ3) is 2.58. The van der Waals surface area contributed by atoms with Gasteiger partial charge in [0.15, 0.2) is 0 Å². The molecule has 2 aromatic rings. The van der Waals surface area contributed by atoms with E-state index in [1.807, 2.05) is 18.4 Å². The number of phenols is 1. The van der Waals surface area contributed by atoms with Gasteiger partial charge >= 0.3 is 0 Å². The molecule has 0 aliphatic heterocycles. The molecule has 4 nitrogen and oxygen atoms in total. The summed E-state index contributed by atoms with van der Waals surface area (Å²) in [4.78, 5) is 4.20. The molecule has 0 fully saturated rings. The van der Waals surface area contributed by atoms with Gasteiger partial charge < -0.3 is 5.11 Å². The lowest BCUT2D eigenvalue weighted by Crippen LogP contribution is -1.90. The molecule has 0 unspecified atom stereocenters. The second-order valence-electron chi connectivity index (χ2n) is 3.22. The number of benzene rings is 1. The molecule has 2 rings (SSSR count). The highest BCUT2D eigenvalue weighted by molar-refractivity contribution is 7.13. The van der Waals surface area contributed by atoms with Crippen LogP contribution in [0.4, 0.5) is 5.13 Å². The van der Waals surface area contributed by atoms with Gasteiger partial charge in [0.25, 0.3) is 0 Å². The Labute approximate surface area is 97.3 Å². The number of aromatic hydroxyl groups is 1. The van der Waals surface area contributed by atoms with E-state index in [1.165, 1.54) is 11.3 Å². The molecular formula is C11H11N3OS. The number of anilines is 1. The first kappa shape index (κ1) is 10.6. The number of para-hydroxylation sites is 1. The zero-order valence-electron chi connectivity index (χ0n) is 8.71. The van der Waals surface area contributed by atoms with Crippen LogP contribution in [-0.2, 0) is 0 Å². The zero-order chi connectivity index (χ0) is 11.4. The summed E-state index contributed by atoms with van der Waals surface area (Å²) in [6, 6.07) is 7.02. The van der Waals surface area contributed by atoms with Gasteiger partial charge in [-0.2, -0.15) is 5.10 Å². The summed E-state index contributed by atoms with van der Waals surface area (Å²) in [5.74, 6) is 0.211. The van der Waals surface area contributed by atoms with Crippen molar-refractivity contribution < 1.29 is 5.11 Å². The van der Waals surface area contributed by atoms with Crippen LogP contribution in [0.15, 0.2) is 34.7 Å². The highest BCUT2D eigenvalue weighted by atomic mass is 32.1. The Morgan fingerprint density at radius 3 is 2.94 bits per heavy atom. The maximum absolute atomic E-state index is 9.48. The van der Waals surface area contributed by atoms with E-state index in [-0.39, 0.29) is 5.75 Å². The number of nitrogens with zero attached hydrogens (tertiary/aromatic N) is 2. The van der Waals surface area contributed by atoms with Gasteiger partial charge in [0.05, 0.1) is 11.9 Å². The monoisotopic (exact) mass is 233 g/mol. The molecule has 2 N–H and O–H groups in total. The fourth-order valence-corrected chi connectivity index (χ4v) is 1.80. The maximum Gasteiger partial charge on any atom is 0.203 e. The Kier molecular flexibility index (Phi) is 3.16. The summed E-state index contributed by atoms with van der Waals surface area (Å²) in [6.45, 7) is 1.93. The number of phenolic OH excluding ortho intramolecular Hbond substituents is 1. The van der Waals surface area contributed by atoms with Gasteiger partial charge in [-0.25, -0.2) is 4.98 Å². The number of aromatic nitrogens is 1. The van der Waals surface area contributed by atoms with E-state index in [0.29, 0.717) is 5.56 Å². The van der Waals surface area contributed by atoms with Gasteiger partial charge in [-0.05, 0) is 19.1 Å². The largest absolute Gasteiger partial charge is 0.507 e. The number of hydrogen-bond donors (Lipinski definition) is 2. The van der Waals surface area contributed by atoms with Crippen molar-refractivity contribution in [1.82, 2.24) is 4.98 Å². The maximum atomic E-state index is 9.48. The van der Waals surface area contributed by atoms with Crippen LogP contribution in [0.3, 0.4) is 0 Å². The van der Waals surface area contributed by atoms with Gasteiger partial charge in [0.2, 0.25) is 5.13 Å². The number of aryl methyl sites for hydroxylation is 1. The molecule has 1 heterocycles. The molecule has 0 saturated carbocycles. The third-order valence-electron chi connectivity index (χ3n) is 1.92. The molecule has 16 heavy (non-hydrogen) atoms. The Bertz CT molecular complexity index is 507. The summed E-state index contributed by atoms with van der Waals surface area (Å²) in [7, 11) is 0. The van der Waals surface area contributed by atoms with Crippen LogP contribution in [0.2, 0.25) is 0 Å². The predicted molar refractivity (Wildman–Crippen MR) is 66.2 cm³/mol. The van der Waals surface area contributed by atoms with Gasteiger partial charge in [-0.3, -0.25) is 5.43 Å². The number of rotatable bonds is 3. The van der Waals surface area contributed by atoms with Crippen molar-refractivity contribution in [2.75, 3.05) is 5.43 Å². The minimum atomic E-state index is 0.211. The van der Waals surface area contributed by atoms with Gasteiger partial charge in [-0.15, -0.1) is 11.3 Å². The van der Waals surface area contributed by atoms with Crippen molar-refractivity contribution in [3.63, 3.8) is 0 Å². The van der Waals surface area contributed by atoms with Crippen LogP contribution in [0.25, 0.3) is 0 Å². The molecule has 5 heteroatoms. The SMILES string of the molecule is Cc1csc(N/N=C/c2ccccc2O)n1. The second-order valence-corrected chi connectivity index (χ2v) is 4.08. The molecule has 0 aliphatic rings.